The Morgan fingerprint density at radius 3 is 1.26 bits per heavy atom. The number of rotatable bonds is 21. The first-order valence-electron chi connectivity index (χ1n) is 15.1. The Hall–Kier alpha value is -2.76. The largest absolute Gasteiger partial charge is 0.352 e. The highest BCUT2D eigenvalue weighted by atomic mass is 16.2. The van der Waals surface area contributed by atoms with Gasteiger partial charge in [0.1, 0.15) is 0 Å². The third-order valence-electron chi connectivity index (χ3n) is 6.94. The Kier molecular flexibility index (Phi) is 16.8. The smallest absolute Gasteiger partial charge is 0.251 e. The molecule has 6 nitrogen and oxygen atoms in total. The maximum absolute atomic E-state index is 12.6. The highest BCUT2D eigenvalue weighted by molar-refractivity contribution is 5.96. The van der Waals surface area contributed by atoms with E-state index in [4.69, 9.17) is 0 Å². The summed E-state index contributed by atoms with van der Waals surface area (Å²) >= 11 is 0. The molecule has 0 bridgehead atoms. The van der Waals surface area contributed by atoms with E-state index in [1.807, 2.05) is 0 Å². The van der Waals surface area contributed by atoms with Crippen molar-refractivity contribution in [1.29, 1.82) is 0 Å². The van der Waals surface area contributed by atoms with Gasteiger partial charge in [-0.3, -0.25) is 19.6 Å². The van der Waals surface area contributed by atoms with Gasteiger partial charge in [-0.1, -0.05) is 104 Å². The summed E-state index contributed by atoms with van der Waals surface area (Å²) in [5.74, 6) is -0.202. The third kappa shape index (κ3) is 13.2. The van der Waals surface area contributed by atoms with Crippen molar-refractivity contribution in [3.05, 3.63) is 47.8 Å². The van der Waals surface area contributed by atoms with Crippen molar-refractivity contribution < 1.29 is 9.59 Å². The summed E-state index contributed by atoms with van der Waals surface area (Å²) in [5, 5.41) is 6.03. The highest BCUT2D eigenvalue weighted by Crippen LogP contribution is 2.17. The molecule has 2 aromatic rings. The lowest BCUT2D eigenvalue weighted by molar-refractivity contribution is 0.0944. The van der Waals surface area contributed by atoms with E-state index in [-0.39, 0.29) is 11.8 Å². The summed E-state index contributed by atoms with van der Waals surface area (Å²) in [7, 11) is 0. The van der Waals surface area contributed by atoms with Crippen LogP contribution in [0.15, 0.2) is 36.7 Å². The monoisotopic (exact) mass is 522 g/mol. The zero-order valence-corrected chi connectivity index (χ0v) is 23.9. The minimum Gasteiger partial charge on any atom is -0.352 e. The van der Waals surface area contributed by atoms with Gasteiger partial charge in [-0.25, -0.2) is 0 Å². The second kappa shape index (κ2) is 20.2. The number of hydrogen-bond acceptors (Lipinski definition) is 4. The fourth-order valence-electron chi connectivity index (χ4n) is 4.55. The molecule has 0 aliphatic rings. The lowest BCUT2D eigenvalue weighted by atomic mass is 10.1. The summed E-state index contributed by atoms with van der Waals surface area (Å²) in [6.45, 7) is 5.83. The molecule has 0 spiro atoms. The Bertz CT molecular complexity index is 856. The van der Waals surface area contributed by atoms with Gasteiger partial charge in [-0.15, -0.1) is 0 Å². The molecular formula is C32H50N4O2. The zero-order chi connectivity index (χ0) is 27.3. The van der Waals surface area contributed by atoms with Crippen LogP contribution in [0.4, 0.5) is 0 Å². The standard InChI is InChI=1S/C32H50N4O2/c1-3-5-7-9-11-13-15-17-21-35-31(37)27-19-23-33-29(25-27)30-26-28(20-24-34-30)32(38)36-22-18-16-14-12-10-8-6-4-2/h19-20,23-26H,3-18,21-22H2,1-2H3,(H,35,37)(H,36,38). The van der Waals surface area contributed by atoms with Crippen molar-refractivity contribution in [3.8, 4) is 11.4 Å². The molecule has 0 saturated heterocycles. The number of amides is 2. The molecule has 0 fully saturated rings. The fraction of sp³-hybridized carbons (Fsp3) is 0.625. The van der Waals surface area contributed by atoms with Crippen molar-refractivity contribution in [1.82, 2.24) is 20.6 Å². The number of nitrogens with one attached hydrogen (secondary N) is 2. The number of aromatic nitrogens is 2. The molecule has 0 saturated carbocycles. The molecule has 0 unspecified atom stereocenters. The van der Waals surface area contributed by atoms with E-state index in [1.165, 1.54) is 77.0 Å². The van der Waals surface area contributed by atoms with Gasteiger partial charge in [0, 0.05) is 36.6 Å². The highest BCUT2D eigenvalue weighted by Gasteiger charge is 2.11. The Labute approximate surface area is 230 Å². The maximum atomic E-state index is 12.6. The summed E-state index contributed by atoms with van der Waals surface area (Å²) in [6, 6.07) is 6.92. The number of unbranched alkanes of at least 4 members (excludes halogenated alkanes) is 14. The molecule has 38 heavy (non-hydrogen) atoms. The van der Waals surface area contributed by atoms with Crippen LogP contribution in [-0.2, 0) is 0 Å². The predicted octanol–water partition coefficient (Wildman–Crippen LogP) is 7.88. The first-order chi connectivity index (χ1) is 18.7. The minimum absolute atomic E-state index is 0.101. The zero-order valence-electron chi connectivity index (χ0n) is 23.9. The van der Waals surface area contributed by atoms with E-state index in [1.54, 1.807) is 36.7 Å². The molecule has 2 heterocycles. The molecule has 0 radical (unpaired) electrons. The number of pyridine rings is 2. The molecule has 2 aromatic heterocycles. The van der Waals surface area contributed by atoms with Crippen molar-refractivity contribution in [2.24, 2.45) is 0 Å². The van der Waals surface area contributed by atoms with Gasteiger partial charge in [0.15, 0.2) is 0 Å². The van der Waals surface area contributed by atoms with E-state index in [0.717, 1.165) is 25.7 Å². The first kappa shape index (κ1) is 31.5. The molecule has 6 heteroatoms. The summed E-state index contributed by atoms with van der Waals surface area (Å²) in [5.41, 5.74) is 2.28. The van der Waals surface area contributed by atoms with Crippen LogP contribution >= 0.6 is 0 Å². The molecular weight excluding hydrogens is 472 g/mol. The Balaban J connectivity index is 1.74. The Morgan fingerprint density at radius 1 is 0.553 bits per heavy atom. The van der Waals surface area contributed by atoms with E-state index in [9.17, 15) is 9.59 Å². The number of carbonyl (C=O) groups is 2. The third-order valence-corrected chi connectivity index (χ3v) is 6.94. The van der Waals surface area contributed by atoms with Crippen molar-refractivity contribution in [2.75, 3.05) is 13.1 Å². The maximum Gasteiger partial charge on any atom is 0.251 e. The molecule has 0 aromatic carbocycles. The molecule has 0 aliphatic heterocycles. The lowest BCUT2D eigenvalue weighted by Crippen LogP contribution is -2.24. The van der Waals surface area contributed by atoms with Gasteiger partial charge in [0.25, 0.3) is 11.8 Å². The second-order valence-electron chi connectivity index (χ2n) is 10.3. The van der Waals surface area contributed by atoms with Crippen LogP contribution < -0.4 is 10.6 Å². The van der Waals surface area contributed by atoms with Crippen molar-refractivity contribution in [2.45, 2.75) is 117 Å². The normalized spacial score (nSPS) is 10.9. The first-order valence-corrected chi connectivity index (χ1v) is 15.1. The van der Waals surface area contributed by atoms with Gasteiger partial charge in [0.05, 0.1) is 11.4 Å². The van der Waals surface area contributed by atoms with Crippen LogP contribution in [0.1, 0.15) is 137 Å². The summed E-state index contributed by atoms with van der Waals surface area (Å²) < 4.78 is 0. The van der Waals surface area contributed by atoms with Gasteiger partial charge >= 0.3 is 0 Å². The topological polar surface area (TPSA) is 84.0 Å². The SMILES string of the molecule is CCCCCCCCCCNC(=O)c1ccnc(-c2cc(C(=O)NCCCCCCCCCC)ccn2)c1. The van der Waals surface area contributed by atoms with Crippen LogP contribution in [0.2, 0.25) is 0 Å². The van der Waals surface area contributed by atoms with Crippen LogP contribution in [0.5, 0.6) is 0 Å². The predicted molar refractivity (Wildman–Crippen MR) is 157 cm³/mol. The molecule has 2 rings (SSSR count). The van der Waals surface area contributed by atoms with E-state index >= 15 is 0 Å². The van der Waals surface area contributed by atoms with E-state index in [0.29, 0.717) is 35.6 Å². The lowest BCUT2D eigenvalue weighted by Gasteiger charge is -2.08. The summed E-state index contributed by atoms with van der Waals surface area (Å²) in [4.78, 5) is 34.1. The van der Waals surface area contributed by atoms with Crippen LogP contribution in [0.25, 0.3) is 11.4 Å². The molecule has 0 atom stereocenters. The van der Waals surface area contributed by atoms with Crippen LogP contribution in [0.3, 0.4) is 0 Å². The van der Waals surface area contributed by atoms with E-state index < -0.39 is 0 Å². The Morgan fingerprint density at radius 2 is 0.895 bits per heavy atom. The van der Waals surface area contributed by atoms with Gasteiger partial charge in [-0.05, 0) is 37.1 Å². The van der Waals surface area contributed by atoms with Gasteiger partial charge in [-0.2, -0.15) is 0 Å². The number of hydrogen-bond donors (Lipinski definition) is 2. The van der Waals surface area contributed by atoms with E-state index in [2.05, 4.69) is 34.4 Å². The summed E-state index contributed by atoms with van der Waals surface area (Å²) in [6.07, 6.45) is 23.1. The average molecular weight is 523 g/mol. The molecule has 2 N–H and O–H groups in total. The minimum atomic E-state index is -0.101. The molecule has 210 valence electrons. The van der Waals surface area contributed by atoms with Crippen molar-refractivity contribution in [3.63, 3.8) is 0 Å². The van der Waals surface area contributed by atoms with Crippen LogP contribution in [-0.4, -0.2) is 34.9 Å². The van der Waals surface area contributed by atoms with Gasteiger partial charge < -0.3 is 10.6 Å². The average Bonchev–Trinajstić information content (AvgIpc) is 2.95. The number of nitrogens with zero attached hydrogens (tertiary/aromatic N) is 2. The number of carbonyl (C=O) groups excluding carboxylic acids is 2. The van der Waals surface area contributed by atoms with Crippen LogP contribution in [0, 0.1) is 0 Å². The second-order valence-corrected chi connectivity index (χ2v) is 10.3. The van der Waals surface area contributed by atoms with Crippen molar-refractivity contribution >= 4 is 11.8 Å². The molecule has 2 amide bonds. The quantitative estimate of drug-likeness (QED) is 0.163. The van der Waals surface area contributed by atoms with Gasteiger partial charge in [0.2, 0.25) is 0 Å². The fourth-order valence-corrected chi connectivity index (χ4v) is 4.55. The molecule has 0 aliphatic carbocycles.